The standard InChI is InChI=1S/C14H18N2S/c1-5-8-13(15-6-2)12(4)17-14-11(3)9-7-10-16-14/h5-10,12H,2H2,1,3-4H3/b8-5-,15-13?. The molecule has 3 heteroatoms. The maximum atomic E-state index is 4.38. The molecule has 0 aliphatic rings. The average molecular weight is 246 g/mol. The van der Waals surface area contributed by atoms with Gasteiger partial charge in [0.05, 0.1) is 16.0 Å². The van der Waals surface area contributed by atoms with Crippen LogP contribution >= 0.6 is 11.8 Å². The second-order valence-corrected chi connectivity index (χ2v) is 4.95. The molecule has 0 aliphatic carbocycles. The fourth-order valence-electron chi connectivity index (χ4n) is 1.38. The van der Waals surface area contributed by atoms with E-state index in [0.717, 1.165) is 10.7 Å². The fraction of sp³-hybridized carbons (Fsp3) is 0.286. The smallest absolute Gasteiger partial charge is 0.0995 e. The van der Waals surface area contributed by atoms with Crippen molar-refractivity contribution in [2.24, 2.45) is 4.99 Å². The molecular weight excluding hydrogens is 228 g/mol. The van der Waals surface area contributed by atoms with Crippen molar-refractivity contribution in [3.8, 4) is 0 Å². The minimum absolute atomic E-state index is 0.262. The highest BCUT2D eigenvalue weighted by atomic mass is 32.2. The van der Waals surface area contributed by atoms with Crippen molar-refractivity contribution in [2.75, 3.05) is 0 Å². The van der Waals surface area contributed by atoms with E-state index in [9.17, 15) is 0 Å². The topological polar surface area (TPSA) is 25.2 Å². The summed E-state index contributed by atoms with van der Waals surface area (Å²) in [5, 5.41) is 1.32. The summed E-state index contributed by atoms with van der Waals surface area (Å²) >= 11 is 1.72. The Morgan fingerprint density at radius 2 is 2.35 bits per heavy atom. The Kier molecular flexibility index (Phi) is 5.70. The summed E-state index contributed by atoms with van der Waals surface area (Å²) in [5.41, 5.74) is 2.21. The number of pyridine rings is 1. The molecule has 0 spiro atoms. The Balaban J connectivity index is 2.84. The van der Waals surface area contributed by atoms with Gasteiger partial charge < -0.3 is 0 Å². The van der Waals surface area contributed by atoms with Gasteiger partial charge in [-0.2, -0.15) is 0 Å². The lowest BCUT2D eigenvalue weighted by Crippen LogP contribution is -2.10. The van der Waals surface area contributed by atoms with Crippen LogP contribution in [0.25, 0.3) is 0 Å². The Morgan fingerprint density at radius 3 is 2.94 bits per heavy atom. The van der Waals surface area contributed by atoms with Crippen molar-refractivity contribution in [1.82, 2.24) is 4.98 Å². The zero-order valence-corrected chi connectivity index (χ0v) is 11.4. The molecule has 0 N–H and O–H groups in total. The van der Waals surface area contributed by atoms with E-state index in [1.807, 2.05) is 31.3 Å². The highest BCUT2D eigenvalue weighted by molar-refractivity contribution is 8.00. The van der Waals surface area contributed by atoms with Gasteiger partial charge in [-0.15, -0.1) is 0 Å². The van der Waals surface area contributed by atoms with E-state index in [-0.39, 0.29) is 5.25 Å². The maximum absolute atomic E-state index is 4.38. The summed E-state index contributed by atoms with van der Waals surface area (Å²) in [6, 6.07) is 4.02. The van der Waals surface area contributed by atoms with Crippen LogP contribution in [0.2, 0.25) is 0 Å². The second kappa shape index (κ2) is 7.07. The quantitative estimate of drug-likeness (QED) is 0.579. The zero-order valence-electron chi connectivity index (χ0n) is 10.6. The molecule has 0 bridgehead atoms. The number of nitrogens with zero attached hydrogens (tertiary/aromatic N) is 2. The molecule has 90 valence electrons. The molecule has 17 heavy (non-hydrogen) atoms. The molecule has 0 amide bonds. The van der Waals surface area contributed by atoms with Crippen LogP contribution in [0, 0.1) is 6.92 Å². The van der Waals surface area contributed by atoms with Crippen LogP contribution in [-0.2, 0) is 0 Å². The van der Waals surface area contributed by atoms with Gasteiger partial charge in [-0.1, -0.05) is 30.5 Å². The van der Waals surface area contributed by atoms with E-state index in [2.05, 4.69) is 36.5 Å². The van der Waals surface area contributed by atoms with Crippen LogP contribution in [0.3, 0.4) is 0 Å². The minimum Gasteiger partial charge on any atom is -0.261 e. The molecule has 0 aromatic carbocycles. The normalized spacial score (nSPS) is 13.9. The predicted molar refractivity (Wildman–Crippen MR) is 76.7 cm³/mol. The molecule has 0 saturated heterocycles. The van der Waals surface area contributed by atoms with Crippen molar-refractivity contribution in [3.63, 3.8) is 0 Å². The number of hydrogen-bond donors (Lipinski definition) is 0. The largest absolute Gasteiger partial charge is 0.261 e. The molecule has 1 atom stereocenters. The van der Waals surface area contributed by atoms with Crippen molar-refractivity contribution in [2.45, 2.75) is 31.0 Å². The SMILES string of the molecule is C=CN=C(/C=C\C)C(C)Sc1ncccc1C. The van der Waals surface area contributed by atoms with Gasteiger partial charge in [-0.05, 0) is 38.5 Å². The number of aryl methyl sites for hydroxylation is 1. The molecular formula is C14H18N2S. The first kappa shape index (κ1) is 13.7. The van der Waals surface area contributed by atoms with Crippen LogP contribution in [0.4, 0.5) is 0 Å². The Hall–Kier alpha value is -1.35. The number of aliphatic imine (C=N–C) groups is 1. The van der Waals surface area contributed by atoms with Gasteiger partial charge in [-0.25, -0.2) is 4.98 Å². The summed E-state index contributed by atoms with van der Waals surface area (Å²) in [6.07, 6.45) is 7.40. The molecule has 1 rings (SSSR count). The van der Waals surface area contributed by atoms with Crippen molar-refractivity contribution < 1.29 is 0 Å². The second-order valence-electron chi connectivity index (χ2n) is 3.62. The lowest BCUT2D eigenvalue weighted by atomic mass is 10.2. The highest BCUT2D eigenvalue weighted by Gasteiger charge is 2.11. The molecule has 1 aromatic rings. The number of rotatable bonds is 5. The Bertz CT molecular complexity index is 436. The van der Waals surface area contributed by atoms with Crippen LogP contribution < -0.4 is 0 Å². The first-order valence-corrected chi connectivity index (χ1v) is 6.46. The molecule has 0 saturated carbocycles. The Morgan fingerprint density at radius 1 is 1.59 bits per heavy atom. The third-order valence-electron chi connectivity index (χ3n) is 2.24. The molecule has 0 aliphatic heterocycles. The van der Waals surface area contributed by atoms with E-state index in [4.69, 9.17) is 0 Å². The van der Waals surface area contributed by atoms with E-state index < -0.39 is 0 Å². The fourth-order valence-corrected chi connectivity index (χ4v) is 2.35. The number of hydrogen-bond acceptors (Lipinski definition) is 3. The Labute approximate surface area is 108 Å². The lowest BCUT2D eigenvalue weighted by molar-refractivity contribution is 1.07. The van der Waals surface area contributed by atoms with E-state index in [0.29, 0.717) is 0 Å². The molecule has 1 heterocycles. The van der Waals surface area contributed by atoms with Crippen LogP contribution in [0.5, 0.6) is 0 Å². The predicted octanol–water partition coefficient (Wildman–Crippen LogP) is 4.03. The van der Waals surface area contributed by atoms with E-state index >= 15 is 0 Å². The van der Waals surface area contributed by atoms with Gasteiger partial charge in [0.2, 0.25) is 0 Å². The van der Waals surface area contributed by atoms with Crippen molar-refractivity contribution in [1.29, 1.82) is 0 Å². The van der Waals surface area contributed by atoms with Gasteiger partial charge in [0, 0.05) is 12.4 Å². The number of aromatic nitrogens is 1. The van der Waals surface area contributed by atoms with Crippen LogP contribution in [0.1, 0.15) is 19.4 Å². The van der Waals surface area contributed by atoms with E-state index in [1.54, 1.807) is 18.0 Å². The number of allylic oxidation sites excluding steroid dienone is 2. The highest BCUT2D eigenvalue weighted by Crippen LogP contribution is 2.25. The average Bonchev–Trinajstić information content (AvgIpc) is 2.32. The summed E-state index contributed by atoms with van der Waals surface area (Å²) in [4.78, 5) is 8.66. The minimum atomic E-state index is 0.262. The number of thioether (sulfide) groups is 1. The molecule has 0 radical (unpaired) electrons. The van der Waals surface area contributed by atoms with Crippen LogP contribution in [-0.4, -0.2) is 15.9 Å². The molecule has 0 fully saturated rings. The summed E-state index contributed by atoms with van der Waals surface area (Å²) in [7, 11) is 0. The van der Waals surface area contributed by atoms with E-state index in [1.165, 1.54) is 5.56 Å². The van der Waals surface area contributed by atoms with Gasteiger partial charge in [0.15, 0.2) is 0 Å². The lowest BCUT2D eigenvalue weighted by Gasteiger charge is -2.11. The molecule has 2 nitrogen and oxygen atoms in total. The van der Waals surface area contributed by atoms with Gasteiger partial charge in [0.1, 0.15) is 0 Å². The first-order valence-electron chi connectivity index (χ1n) is 5.58. The molecule has 1 unspecified atom stereocenters. The van der Waals surface area contributed by atoms with Crippen molar-refractivity contribution >= 4 is 17.5 Å². The van der Waals surface area contributed by atoms with Gasteiger partial charge in [0.25, 0.3) is 0 Å². The first-order chi connectivity index (χ1) is 8.19. The summed E-state index contributed by atoms with van der Waals surface area (Å²) in [5.74, 6) is 0. The van der Waals surface area contributed by atoms with Crippen molar-refractivity contribution in [3.05, 3.63) is 48.8 Å². The third kappa shape index (κ3) is 4.19. The zero-order chi connectivity index (χ0) is 12.7. The van der Waals surface area contributed by atoms with Gasteiger partial charge in [-0.3, -0.25) is 4.99 Å². The monoisotopic (exact) mass is 246 g/mol. The maximum Gasteiger partial charge on any atom is 0.0995 e. The van der Waals surface area contributed by atoms with Gasteiger partial charge >= 0.3 is 0 Å². The van der Waals surface area contributed by atoms with Crippen LogP contribution in [0.15, 0.2) is 53.3 Å². The summed E-state index contributed by atoms with van der Waals surface area (Å²) in [6.45, 7) is 9.83. The third-order valence-corrected chi connectivity index (χ3v) is 3.49. The summed E-state index contributed by atoms with van der Waals surface area (Å²) < 4.78 is 0. The molecule has 1 aromatic heterocycles.